The monoisotopic (exact) mass is 318 g/mol. The standard InChI is InChI=1S/C14H20F2N2O2S/c1-9(2)14(3,20)8-17-13(19)18-10-5-4-6-11(7-10)21-12(15)16/h4-7,9,12,20H,8H2,1-3H3,(H2,17,18,19). The van der Waals surface area contributed by atoms with E-state index in [0.717, 1.165) is 0 Å². The minimum atomic E-state index is -2.50. The third kappa shape index (κ3) is 6.31. The Balaban J connectivity index is 2.55. The van der Waals surface area contributed by atoms with E-state index in [0.29, 0.717) is 22.3 Å². The maximum absolute atomic E-state index is 12.3. The van der Waals surface area contributed by atoms with Gasteiger partial charge in [-0.05, 0) is 31.0 Å². The SMILES string of the molecule is CC(C)C(C)(O)CNC(=O)Nc1cccc(SC(F)F)c1. The predicted molar refractivity (Wildman–Crippen MR) is 80.8 cm³/mol. The van der Waals surface area contributed by atoms with Crippen molar-refractivity contribution in [2.45, 2.75) is 37.0 Å². The Hall–Kier alpha value is -1.34. The first-order valence-corrected chi connectivity index (χ1v) is 7.41. The molecule has 0 saturated heterocycles. The Labute approximate surface area is 127 Å². The molecule has 7 heteroatoms. The summed E-state index contributed by atoms with van der Waals surface area (Å²) in [5, 5.41) is 15.1. The molecule has 0 spiro atoms. The Bertz CT molecular complexity index is 482. The lowest BCUT2D eigenvalue weighted by atomic mass is 9.93. The van der Waals surface area contributed by atoms with Gasteiger partial charge in [0.1, 0.15) is 0 Å². The van der Waals surface area contributed by atoms with E-state index >= 15 is 0 Å². The number of alkyl halides is 2. The molecule has 0 heterocycles. The first-order chi connectivity index (χ1) is 9.70. The summed E-state index contributed by atoms with van der Waals surface area (Å²) in [6.07, 6.45) is 0. The fourth-order valence-electron chi connectivity index (χ4n) is 1.39. The van der Waals surface area contributed by atoms with E-state index in [1.165, 1.54) is 6.07 Å². The highest BCUT2D eigenvalue weighted by molar-refractivity contribution is 7.99. The molecule has 3 N–H and O–H groups in total. The summed E-state index contributed by atoms with van der Waals surface area (Å²) in [4.78, 5) is 12.1. The van der Waals surface area contributed by atoms with Gasteiger partial charge in [-0.1, -0.05) is 31.7 Å². The Kier molecular flexibility index (Phi) is 6.42. The van der Waals surface area contributed by atoms with Crippen molar-refractivity contribution in [1.82, 2.24) is 5.32 Å². The topological polar surface area (TPSA) is 61.4 Å². The quantitative estimate of drug-likeness (QED) is 0.703. The predicted octanol–water partition coefficient (Wildman–Crippen LogP) is 3.53. The maximum Gasteiger partial charge on any atom is 0.319 e. The fraction of sp³-hybridized carbons (Fsp3) is 0.500. The van der Waals surface area contributed by atoms with Crippen molar-refractivity contribution >= 4 is 23.5 Å². The number of amides is 2. The van der Waals surface area contributed by atoms with E-state index in [1.54, 1.807) is 25.1 Å². The van der Waals surface area contributed by atoms with Crippen molar-refractivity contribution in [3.8, 4) is 0 Å². The first kappa shape index (κ1) is 17.7. The summed E-state index contributed by atoms with van der Waals surface area (Å²) in [5.74, 6) is -2.52. The molecule has 1 aromatic rings. The third-order valence-electron chi connectivity index (χ3n) is 3.17. The molecule has 1 rings (SSSR count). The average Bonchev–Trinajstić information content (AvgIpc) is 2.36. The Morgan fingerprint density at radius 3 is 2.67 bits per heavy atom. The summed E-state index contributed by atoms with van der Waals surface area (Å²) in [6.45, 7) is 5.44. The molecule has 1 aromatic carbocycles. The minimum Gasteiger partial charge on any atom is -0.388 e. The number of hydrogen-bond acceptors (Lipinski definition) is 3. The maximum atomic E-state index is 12.3. The highest BCUT2D eigenvalue weighted by atomic mass is 32.2. The van der Waals surface area contributed by atoms with Crippen LogP contribution in [0.2, 0.25) is 0 Å². The first-order valence-electron chi connectivity index (χ1n) is 6.53. The van der Waals surface area contributed by atoms with Crippen LogP contribution >= 0.6 is 11.8 Å². The lowest BCUT2D eigenvalue weighted by molar-refractivity contribution is 0.0170. The summed E-state index contributed by atoms with van der Waals surface area (Å²) < 4.78 is 24.6. The van der Waals surface area contributed by atoms with Crippen LogP contribution in [0.4, 0.5) is 19.3 Å². The summed E-state index contributed by atoms with van der Waals surface area (Å²) in [6, 6.07) is 5.72. The number of carbonyl (C=O) groups is 1. The van der Waals surface area contributed by atoms with Crippen LogP contribution in [0, 0.1) is 5.92 Å². The zero-order chi connectivity index (χ0) is 16.0. The molecule has 0 aliphatic rings. The van der Waals surface area contributed by atoms with E-state index in [2.05, 4.69) is 10.6 Å². The number of nitrogens with one attached hydrogen (secondary N) is 2. The fourth-order valence-corrected chi connectivity index (χ4v) is 1.95. The molecule has 4 nitrogen and oxygen atoms in total. The van der Waals surface area contributed by atoms with Crippen LogP contribution in [0.1, 0.15) is 20.8 Å². The second kappa shape index (κ2) is 7.61. The Morgan fingerprint density at radius 1 is 1.43 bits per heavy atom. The van der Waals surface area contributed by atoms with Crippen molar-refractivity contribution in [3.05, 3.63) is 24.3 Å². The van der Waals surface area contributed by atoms with Crippen molar-refractivity contribution in [2.24, 2.45) is 5.92 Å². The van der Waals surface area contributed by atoms with Gasteiger partial charge in [-0.2, -0.15) is 8.78 Å². The second-order valence-corrected chi connectivity index (χ2v) is 6.29. The summed E-state index contributed by atoms with van der Waals surface area (Å²) in [7, 11) is 0. The number of carbonyl (C=O) groups excluding carboxylic acids is 1. The molecule has 21 heavy (non-hydrogen) atoms. The van der Waals surface area contributed by atoms with Gasteiger partial charge in [-0.3, -0.25) is 0 Å². The number of benzene rings is 1. The second-order valence-electron chi connectivity index (χ2n) is 5.23. The highest BCUT2D eigenvalue weighted by Crippen LogP contribution is 2.27. The summed E-state index contributed by atoms with van der Waals surface area (Å²) >= 11 is 0.416. The normalized spacial score (nSPS) is 14.1. The van der Waals surface area contributed by atoms with Crippen molar-refractivity contribution < 1.29 is 18.7 Å². The van der Waals surface area contributed by atoms with Crippen LogP contribution in [-0.2, 0) is 0 Å². The van der Waals surface area contributed by atoms with Crippen LogP contribution in [-0.4, -0.2) is 29.0 Å². The molecular weight excluding hydrogens is 298 g/mol. The van der Waals surface area contributed by atoms with Gasteiger partial charge in [0.25, 0.3) is 5.76 Å². The molecule has 0 aliphatic carbocycles. The van der Waals surface area contributed by atoms with E-state index in [1.807, 2.05) is 13.8 Å². The molecule has 0 bridgehead atoms. The van der Waals surface area contributed by atoms with E-state index < -0.39 is 17.4 Å². The smallest absolute Gasteiger partial charge is 0.319 e. The van der Waals surface area contributed by atoms with Crippen LogP contribution < -0.4 is 10.6 Å². The number of thioether (sulfide) groups is 1. The lowest BCUT2D eigenvalue weighted by Crippen LogP contribution is -2.45. The van der Waals surface area contributed by atoms with Crippen molar-refractivity contribution in [1.29, 1.82) is 0 Å². The van der Waals surface area contributed by atoms with Crippen LogP contribution in [0.25, 0.3) is 0 Å². The molecule has 0 fully saturated rings. The molecule has 1 unspecified atom stereocenters. The average molecular weight is 318 g/mol. The molecule has 0 radical (unpaired) electrons. The van der Waals surface area contributed by atoms with Gasteiger partial charge in [0.15, 0.2) is 0 Å². The van der Waals surface area contributed by atoms with Gasteiger partial charge in [0, 0.05) is 17.1 Å². The summed E-state index contributed by atoms with van der Waals surface area (Å²) in [5.41, 5.74) is -0.590. The third-order valence-corrected chi connectivity index (χ3v) is 3.87. The van der Waals surface area contributed by atoms with E-state index in [-0.39, 0.29) is 12.5 Å². The van der Waals surface area contributed by atoms with Crippen molar-refractivity contribution in [2.75, 3.05) is 11.9 Å². The molecule has 0 aromatic heterocycles. The number of urea groups is 1. The van der Waals surface area contributed by atoms with Gasteiger partial charge in [-0.15, -0.1) is 0 Å². The van der Waals surface area contributed by atoms with Crippen LogP contribution in [0.5, 0.6) is 0 Å². The lowest BCUT2D eigenvalue weighted by Gasteiger charge is -2.27. The molecule has 118 valence electrons. The Morgan fingerprint density at radius 2 is 2.10 bits per heavy atom. The van der Waals surface area contributed by atoms with Gasteiger partial charge in [0.05, 0.1) is 5.60 Å². The molecule has 2 amide bonds. The van der Waals surface area contributed by atoms with Crippen LogP contribution in [0.3, 0.4) is 0 Å². The van der Waals surface area contributed by atoms with E-state index in [9.17, 15) is 18.7 Å². The number of hydrogen-bond donors (Lipinski definition) is 3. The number of aliphatic hydroxyl groups is 1. The molecular formula is C14H20F2N2O2S. The highest BCUT2D eigenvalue weighted by Gasteiger charge is 2.25. The largest absolute Gasteiger partial charge is 0.388 e. The zero-order valence-corrected chi connectivity index (χ0v) is 13.0. The number of anilines is 1. The van der Waals surface area contributed by atoms with Crippen molar-refractivity contribution in [3.63, 3.8) is 0 Å². The van der Waals surface area contributed by atoms with E-state index in [4.69, 9.17) is 0 Å². The van der Waals surface area contributed by atoms with Gasteiger partial charge in [-0.25, -0.2) is 4.79 Å². The van der Waals surface area contributed by atoms with Gasteiger partial charge in [0.2, 0.25) is 0 Å². The molecule has 0 aliphatic heterocycles. The minimum absolute atomic E-state index is 0.0106. The van der Waals surface area contributed by atoms with Crippen LogP contribution in [0.15, 0.2) is 29.2 Å². The number of halogens is 2. The molecule has 1 atom stereocenters. The number of rotatable bonds is 6. The zero-order valence-electron chi connectivity index (χ0n) is 12.2. The molecule has 0 saturated carbocycles. The van der Waals surface area contributed by atoms with Gasteiger partial charge >= 0.3 is 6.03 Å². The van der Waals surface area contributed by atoms with Gasteiger partial charge < -0.3 is 15.7 Å².